The van der Waals surface area contributed by atoms with Gasteiger partial charge in [-0.1, -0.05) is 0 Å². The summed E-state index contributed by atoms with van der Waals surface area (Å²) in [5.41, 5.74) is -1.95. The topological polar surface area (TPSA) is 87.5 Å². The smallest absolute Gasteiger partial charge is 0.341 e. The minimum absolute atomic E-state index is 0.0257. The van der Waals surface area contributed by atoms with Crippen LogP contribution in [0.15, 0.2) is 29.2 Å². The van der Waals surface area contributed by atoms with Crippen LogP contribution in [0, 0.1) is 24.4 Å². The van der Waals surface area contributed by atoms with E-state index in [1.807, 2.05) is 4.90 Å². The lowest BCUT2D eigenvalue weighted by Gasteiger charge is -2.29. The van der Waals surface area contributed by atoms with E-state index in [0.29, 0.717) is 19.2 Å². The molecule has 2 unspecified atom stereocenters. The van der Waals surface area contributed by atoms with Crippen LogP contribution in [-0.2, 0) is 0 Å². The number of pyridine rings is 2. The Kier molecular flexibility index (Phi) is 4.30. The van der Waals surface area contributed by atoms with E-state index in [-0.39, 0.29) is 40.2 Å². The summed E-state index contributed by atoms with van der Waals surface area (Å²) in [6.07, 6.45) is 1.77. The largest absolute Gasteiger partial charge is 0.477 e. The van der Waals surface area contributed by atoms with Crippen molar-refractivity contribution in [3.05, 3.63) is 63.2 Å². The number of piperazine rings is 1. The summed E-state index contributed by atoms with van der Waals surface area (Å²) >= 11 is 0. The van der Waals surface area contributed by atoms with Gasteiger partial charge in [0.2, 0.25) is 5.43 Å². The Hall–Kier alpha value is -3.40. The first-order valence-electron chi connectivity index (χ1n) is 9.70. The number of aromatic carboxylic acids is 1. The Morgan fingerprint density at radius 2 is 2.06 bits per heavy atom. The second kappa shape index (κ2) is 6.81. The number of benzene rings is 1. The zero-order valence-corrected chi connectivity index (χ0v) is 16.3. The van der Waals surface area contributed by atoms with Crippen molar-refractivity contribution in [2.75, 3.05) is 18.0 Å². The van der Waals surface area contributed by atoms with Gasteiger partial charge < -0.3 is 15.3 Å². The highest BCUT2D eigenvalue weighted by atomic mass is 19.1. The fraction of sp³-hybridized carbons (Fsp3) is 0.286. The first-order valence-corrected chi connectivity index (χ1v) is 9.70. The fourth-order valence-electron chi connectivity index (χ4n) is 4.50. The van der Waals surface area contributed by atoms with Crippen LogP contribution in [0.4, 0.5) is 19.0 Å². The Morgan fingerprint density at radius 3 is 2.68 bits per heavy atom. The van der Waals surface area contributed by atoms with Crippen LogP contribution in [0.5, 0.6) is 0 Å². The zero-order chi connectivity index (χ0) is 22.0. The summed E-state index contributed by atoms with van der Waals surface area (Å²) < 4.78 is 44.5. The first kappa shape index (κ1) is 19.6. The molecule has 0 aliphatic carbocycles. The van der Waals surface area contributed by atoms with Crippen molar-refractivity contribution in [1.29, 1.82) is 0 Å². The molecule has 3 aromatic rings. The number of carboxylic acid groups (broad SMARTS) is 1. The lowest BCUT2D eigenvalue weighted by molar-refractivity contribution is 0.0695. The standard InChI is InChI=1S/C21H17F3N4O3/c1-9-16-18(29)13(21(30)31)8-28(15-3-2-10(22)4-14(15)23)19(16)26-20(17(9)24)27-7-11-5-12(27)6-25-11/h2-4,8,11-12,25H,5-7H2,1H3,(H,30,31). The molecule has 4 heterocycles. The van der Waals surface area contributed by atoms with Crippen LogP contribution in [0.25, 0.3) is 16.7 Å². The molecule has 5 rings (SSSR count). The number of nitrogens with one attached hydrogen (secondary N) is 1. The molecule has 0 amide bonds. The third kappa shape index (κ3) is 2.89. The van der Waals surface area contributed by atoms with Gasteiger partial charge in [0.15, 0.2) is 17.3 Å². The van der Waals surface area contributed by atoms with Crippen molar-refractivity contribution < 1.29 is 23.1 Å². The minimum atomic E-state index is -1.55. The molecule has 7 nitrogen and oxygen atoms in total. The number of aryl methyl sites for hydroxylation is 1. The maximum atomic E-state index is 15.3. The Balaban J connectivity index is 1.85. The second-order valence-electron chi connectivity index (χ2n) is 7.86. The van der Waals surface area contributed by atoms with E-state index >= 15 is 4.39 Å². The van der Waals surface area contributed by atoms with Gasteiger partial charge in [0, 0.05) is 43.0 Å². The first-order chi connectivity index (χ1) is 14.8. The van der Waals surface area contributed by atoms with Crippen LogP contribution >= 0.6 is 0 Å². The number of aromatic nitrogens is 2. The number of halogens is 3. The molecule has 2 fully saturated rings. The Bertz CT molecular complexity index is 1320. The molecule has 2 saturated heterocycles. The highest BCUT2D eigenvalue weighted by molar-refractivity contribution is 5.94. The number of rotatable bonds is 3. The number of carbonyl (C=O) groups is 1. The highest BCUT2D eigenvalue weighted by Gasteiger charge is 2.40. The molecule has 2 aliphatic heterocycles. The SMILES string of the molecule is Cc1c(F)c(N2CC3CC2CN3)nc2c1c(=O)c(C(=O)O)cn2-c1ccc(F)cc1F. The summed E-state index contributed by atoms with van der Waals surface area (Å²) in [6, 6.07) is 2.99. The molecule has 0 spiro atoms. The van der Waals surface area contributed by atoms with Gasteiger partial charge in [-0.15, -0.1) is 0 Å². The number of anilines is 1. The van der Waals surface area contributed by atoms with Crippen LogP contribution in [-0.4, -0.2) is 45.8 Å². The average Bonchev–Trinajstić information content (AvgIpc) is 3.34. The zero-order valence-electron chi connectivity index (χ0n) is 16.3. The summed E-state index contributed by atoms with van der Waals surface area (Å²) in [7, 11) is 0. The summed E-state index contributed by atoms with van der Waals surface area (Å²) in [4.78, 5) is 30.7. The van der Waals surface area contributed by atoms with Crippen molar-refractivity contribution in [1.82, 2.24) is 14.9 Å². The third-order valence-corrected chi connectivity index (χ3v) is 6.02. The molecule has 2 bridgehead atoms. The molecule has 0 radical (unpaired) electrons. The minimum Gasteiger partial charge on any atom is -0.477 e. The van der Waals surface area contributed by atoms with E-state index in [0.717, 1.165) is 29.3 Å². The van der Waals surface area contributed by atoms with E-state index in [2.05, 4.69) is 10.3 Å². The summed E-state index contributed by atoms with van der Waals surface area (Å²) in [5, 5.41) is 12.5. The molecule has 31 heavy (non-hydrogen) atoms. The van der Waals surface area contributed by atoms with E-state index < -0.39 is 34.4 Å². The summed E-state index contributed by atoms with van der Waals surface area (Å²) in [6.45, 7) is 2.57. The number of fused-ring (bicyclic) bond motifs is 3. The third-order valence-electron chi connectivity index (χ3n) is 6.02. The molecular weight excluding hydrogens is 413 g/mol. The highest BCUT2D eigenvalue weighted by Crippen LogP contribution is 2.33. The van der Waals surface area contributed by atoms with Crippen LogP contribution in [0.2, 0.25) is 0 Å². The van der Waals surface area contributed by atoms with Gasteiger partial charge in [0.1, 0.15) is 17.2 Å². The monoisotopic (exact) mass is 430 g/mol. The van der Waals surface area contributed by atoms with Crippen molar-refractivity contribution >= 4 is 22.8 Å². The number of hydrogen-bond acceptors (Lipinski definition) is 5. The normalized spacial score (nSPS) is 20.1. The second-order valence-corrected chi connectivity index (χ2v) is 7.86. The van der Waals surface area contributed by atoms with Gasteiger partial charge >= 0.3 is 5.97 Å². The lowest BCUT2D eigenvalue weighted by Crippen LogP contribution is -2.44. The predicted octanol–water partition coefficient (Wildman–Crippen LogP) is 2.36. The fourth-order valence-corrected chi connectivity index (χ4v) is 4.50. The quantitative estimate of drug-likeness (QED) is 0.664. The molecule has 2 N–H and O–H groups in total. The number of hydrogen-bond donors (Lipinski definition) is 2. The molecular formula is C21H17F3N4O3. The van der Waals surface area contributed by atoms with Crippen molar-refractivity contribution in [2.45, 2.75) is 25.4 Å². The van der Waals surface area contributed by atoms with Gasteiger partial charge in [-0.05, 0) is 25.5 Å². The van der Waals surface area contributed by atoms with Gasteiger partial charge in [0.25, 0.3) is 0 Å². The molecule has 2 aromatic heterocycles. The van der Waals surface area contributed by atoms with E-state index in [4.69, 9.17) is 0 Å². The molecule has 0 saturated carbocycles. The molecule has 160 valence electrons. The predicted molar refractivity (Wildman–Crippen MR) is 106 cm³/mol. The van der Waals surface area contributed by atoms with Crippen molar-refractivity contribution in [2.24, 2.45) is 0 Å². The van der Waals surface area contributed by atoms with E-state index in [9.17, 15) is 23.5 Å². The van der Waals surface area contributed by atoms with E-state index in [1.54, 1.807) is 0 Å². The number of nitrogens with zero attached hydrogens (tertiary/aromatic N) is 3. The summed E-state index contributed by atoms with van der Waals surface area (Å²) in [5.74, 6) is -4.03. The van der Waals surface area contributed by atoms with Crippen molar-refractivity contribution in [3.63, 3.8) is 0 Å². The van der Waals surface area contributed by atoms with Gasteiger partial charge in [-0.3, -0.25) is 9.36 Å². The molecule has 2 aliphatic rings. The van der Waals surface area contributed by atoms with Gasteiger partial charge in [-0.25, -0.2) is 22.9 Å². The molecule has 10 heteroatoms. The van der Waals surface area contributed by atoms with Gasteiger partial charge in [-0.2, -0.15) is 0 Å². The maximum absolute atomic E-state index is 15.3. The Labute approximate surface area is 173 Å². The molecule has 2 atom stereocenters. The maximum Gasteiger partial charge on any atom is 0.341 e. The van der Waals surface area contributed by atoms with Crippen LogP contribution in [0.1, 0.15) is 22.3 Å². The number of carboxylic acids is 1. The Morgan fingerprint density at radius 1 is 1.29 bits per heavy atom. The van der Waals surface area contributed by atoms with Crippen LogP contribution < -0.4 is 15.6 Å². The van der Waals surface area contributed by atoms with Crippen molar-refractivity contribution in [3.8, 4) is 5.69 Å². The average molecular weight is 430 g/mol. The lowest BCUT2D eigenvalue weighted by atomic mass is 10.1. The molecule has 1 aromatic carbocycles. The van der Waals surface area contributed by atoms with E-state index in [1.165, 1.54) is 6.92 Å². The van der Waals surface area contributed by atoms with Crippen LogP contribution in [0.3, 0.4) is 0 Å². The van der Waals surface area contributed by atoms with Gasteiger partial charge in [0.05, 0.1) is 11.1 Å².